The van der Waals surface area contributed by atoms with Crippen molar-refractivity contribution in [3.05, 3.63) is 47.2 Å². The molecule has 0 amide bonds. The Balaban J connectivity index is 1.50. The highest BCUT2D eigenvalue weighted by atomic mass is 32.1. The average Bonchev–Trinajstić information content (AvgIpc) is 3.29. The second-order valence-corrected chi connectivity index (χ2v) is 6.04. The number of aryl methyl sites for hydroxylation is 1. The average molecular weight is 360 g/mol. The monoisotopic (exact) mass is 360 g/mol. The first kappa shape index (κ1) is 17.0. The molecule has 0 radical (unpaired) electrons. The summed E-state index contributed by atoms with van der Waals surface area (Å²) in [4.78, 5) is 16.9. The van der Waals surface area contributed by atoms with E-state index in [4.69, 9.17) is 18.7 Å². The van der Waals surface area contributed by atoms with Gasteiger partial charge in [-0.25, -0.2) is 4.79 Å². The first-order valence-corrected chi connectivity index (χ1v) is 8.33. The van der Waals surface area contributed by atoms with Gasteiger partial charge in [-0.3, -0.25) is 0 Å². The van der Waals surface area contributed by atoms with Crippen LogP contribution in [0.1, 0.15) is 11.5 Å². The molecule has 0 bridgehead atoms. The van der Waals surface area contributed by atoms with Crippen LogP contribution in [0.5, 0.6) is 11.5 Å². The van der Waals surface area contributed by atoms with Gasteiger partial charge < -0.3 is 18.7 Å². The molecule has 2 heterocycles. The molecule has 0 saturated carbocycles. The van der Waals surface area contributed by atoms with Gasteiger partial charge >= 0.3 is 5.97 Å². The van der Waals surface area contributed by atoms with Gasteiger partial charge in [0.1, 0.15) is 0 Å². The van der Waals surface area contributed by atoms with Gasteiger partial charge in [0.2, 0.25) is 5.82 Å². The molecule has 25 heavy (non-hydrogen) atoms. The lowest BCUT2D eigenvalue weighted by Gasteiger charge is -2.10. The van der Waals surface area contributed by atoms with Crippen molar-refractivity contribution in [2.45, 2.75) is 13.5 Å². The third-order valence-corrected chi connectivity index (χ3v) is 4.10. The molecule has 0 atom stereocenters. The van der Waals surface area contributed by atoms with Crippen molar-refractivity contribution in [1.29, 1.82) is 0 Å². The Morgan fingerprint density at radius 3 is 2.92 bits per heavy atom. The van der Waals surface area contributed by atoms with Gasteiger partial charge in [0.05, 0.1) is 12.0 Å². The Kier molecular flexibility index (Phi) is 5.30. The van der Waals surface area contributed by atoms with E-state index in [9.17, 15) is 4.79 Å². The van der Waals surface area contributed by atoms with Gasteiger partial charge in [-0.2, -0.15) is 4.98 Å². The fraction of sp³-hybridized carbons (Fsp3) is 0.235. The van der Waals surface area contributed by atoms with Gasteiger partial charge in [0.15, 0.2) is 24.7 Å². The number of hydrogen-bond acceptors (Lipinski definition) is 8. The molecule has 130 valence electrons. The van der Waals surface area contributed by atoms with Crippen molar-refractivity contribution in [2.75, 3.05) is 13.7 Å². The molecule has 0 spiro atoms. The van der Waals surface area contributed by atoms with Crippen LogP contribution in [-0.2, 0) is 16.1 Å². The lowest BCUT2D eigenvalue weighted by Crippen LogP contribution is -2.15. The smallest absolute Gasteiger partial charge is 0.344 e. The summed E-state index contributed by atoms with van der Waals surface area (Å²) in [5.41, 5.74) is 1.03. The van der Waals surface area contributed by atoms with Crippen molar-refractivity contribution in [1.82, 2.24) is 10.1 Å². The van der Waals surface area contributed by atoms with Crippen LogP contribution in [0.25, 0.3) is 10.7 Å². The van der Waals surface area contributed by atoms with Crippen LogP contribution in [0.15, 0.2) is 40.2 Å². The summed E-state index contributed by atoms with van der Waals surface area (Å²) in [7, 11) is 1.54. The Morgan fingerprint density at radius 2 is 2.16 bits per heavy atom. The normalized spacial score (nSPS) is 10.5. The molecular formula is C17H16N2O5S. The molecular weight excluding hydrogens is 344 g/mol. The summed E-state index contributed by atoms with van der Waals surface area (Å²) in [5, 5.41) is 5.77. The maximum absolute atomic E-state index is 11.8. The molecule has 3 aromatic rings. The molecule has 0 fully saturated rings. The van der Waals surface area contributed by atoms with E-state index in [1.54, 1.807) is 13.2 Å². The van der Waals surface area contributed by atoms with Crippen LogP contribution >= 0.6 is 11.3 Å². The first-order chi connectivity index (χ1) is 12.2. The van der Waals surface area contributed by atoms with Crippen molar-refractivity contribution >= 4 is 17.3 Å². The van der Waals surface area contributed by atoms with Crippen LogP contribution in [0.3, 0.4) is 0 Å². The lowest BCUT2D eigenvalue weighted by molar-refractivity contribution is -0.148. The highest BCUT2D eigenvalue weighted by Crippen LogP contribution is 2.27. The van der Waals surface area contributed by atoms with Crippen LogP contribution in [0.2, 0.25) is 0 Å². The van der Waals surface area contributed by atoms with E-state index in [1.165, 1.54) is 11.3 Å². The molecule has 0 unspecified atom stereocenters. The van der Waals surface area contributed by atoms with Crippen LogP contribution < -0.4 is 9.47 Å². The van der Waals surface area contributed by atoms with E-state index in [1.807, 2.05) is 36.6 Å². The second kappa shape index (κ2) is 7.80. The van der Waals surface area contributed by atoms with Gasteiger partial charge in [-0.1, -0.05) is 17.3 Å². The topological polar surface area (TPSA) is 83.7 Å². The number of ether oxygens (including phenoxy) is 3. The van der Waals surface area contributed by atoms with E-state index >= 15 is 0 Å². The summed E-state index contributed by atoms with van der Waals surface area (Å²) in [6.07, 6.45) is 0. The van der Waals surface area contributed by atoms with Gasteiger partial charge in [0.25, 0.3) is 5.89 Å². The number of carbonyl (C=O) groups is 1. The standard InChI is InChI=1S/C17H16N2O5S/c1-11-5-6-12(13(8-11)21-2)22-10-16(20)23-9-15-18-17(19-24-15)14-4-3-7-25-14/h3-8H,9-10H2,1-2H3. The molecule has 2 aromatic heterocycles. The largest absolute Gasteiger partial charge is 0.493 e. The number of rotatable bonds is 7. The van der Waals surface area contributed by atoms with Crippen LogP contribution in [-0.4, -0.2) is 29.8 Å². The fourth-order valence-electron chi connectivity index (χ4n) is 2.03. The lowest BCUT2D eigenvalue weighted by atomic mass is 10.2. The van der Waals surface area contributed by atoms with Gasteiger partial charge in [0, 0.05) is 0 Å². The number of nitrogens with zero attached hydrogens (tertiary/aromatic N) is 2. The van der Waals surface area contributed by atoms with Gasteiger partial charge in [-0.15, -0.1) is 11.3 Å². The molecule has 3 rings (SSSR count). The number of thiophene rings is 1. The van der Waals surface area contributed by atoms with Gasteiger partial charge in [-0.05, 0) is 36.1 Å². The van der Waals surface area contributed by atoms with Crippen molar-refractivity contribution in [3.63, 3.8) is 0 Å². The van der Waals surface area contributed by atoms with Crippen molar-refractivity contribution in [2.24, 2.45) is 0 Å². The van der Waals surface area contributed by atoms with Crippen molar-refractivity contribution in [3.8, 4) is 22.2 Å². The molecule has 0 saturated heterocycles. The minimum absolute atomic E-state index is 0.106. The third kappa shape index (κ3) is 4.36. The molecule has 0 N–H and O–H groups in total. The number of carbonyl (C=O) groups excluding carboxylic acids is 1. The number of methoxy groups -OCH3 is 1. The fourth-order valence-corrected chi connectivity index (χ4v) is 2.68. The second-order valence-electron chi connectivity index (χ2n) is 5.09. The first-order valence-electron chi connectivity index (χ1n) is 7.45. The quantitative estimate of drug-likeness (QED) is 0.598. The van der Waals surface area contributed by atoms with E-state index in [-0.39, 0.29) is 19.1 Å². The molecule has 0 aliphatic carbocycles. The molecule has 1 aromatic carbocycles. The summed E-state index contributed by atoms with van der Waals surface area (Å²) in [5.74, 6) is 1.19. The van der Waals surface area contributed by atoms with E-state index < -0.39 is 5.97 Å². The molecule has 8 heteroatoms. The summed E-state index contributed by atoms with van der Waals surface area (Å²) < 4.78 is 20.8. The number of hydrogen-bond donors (Lipinski definition) is 0. The summed E-state index contributed by atoms with van der Waals surface area (Å²) >= 11 is 1.50. The highest BCUT2D eigenvalue weighted by molar-refractivity contribution is 7.13. The Labute approximate surface area is 148 Å². The Bertz CT molecular complexity index is 845. The summed E-state index contributed by atoms with van der Waals surface area (Å²) in [6, 6.07) is 9.21. The highest BCUT2D eigenvalue weighted by Gasteiger charge is 2.13. The molecule has 0 aliphatic heterocycles. The summed E-state index contributed by atoms with van der Waals surface area (Å²) in [6.45, 7) is 1.59. The zero-order chi connectivity index (χ0) is 17.6. The number of benzene rings is 1. The van der Waals surface area contributed by atoms with E-state index in [2.05, 4.69) is 10.1 Å². The predicted octanol–water partition coefficient (Wildman–Crippen LogP) is 3.24. The third-order valence-electron chi connectivity index (χ3n) is 3.23. The maximum atomic E-state index is 11.8. The SMILES string of the molecule is COc1cc(C)ccc1OCC(=O)OCc1nc(-c2cccs2)no1. The predicted molar refractivity (Wildman–Crippen MR) is 90.6 cm³/mol. The van der Waals surface area contributed by atoms with E-state index in [0.29, 0.717) is 17.3 Å². The number of esters is 1. The Hall–Kier alpha value is -2.87. The minimum atomic E-state index is -0.543. The number of aromatic nitrogens is 2. The van der Waals surface area contributed by atoms with Crippen LogP contribution in [0.4, 0.5) is 0 Å². The van der Waals surface area contributed by atoms with Crippen LogP contribution in [0, 0.1) is 6.92 Å². The minimum Gasteiger partial charge on any atom is -0.493 e. The molecule has 0 aliphatic rings. The zero-order valence-corrected chi connectivity index (χ0v) is 14.5. The Morgan fingerprint density at radius 1 is 1.28 bits per heavy atom. The molecule has 7 nitrogen and oxygen atoms in total. The van der Waals surface area contributed by atoms with E-state index in [0.717, 1.165) is 10.4 Å². The van der Waals surface area contributed by atoms with Crippen molar-refractivity contribution < 1.29 is 23.5 Å². The zero-order valence-electron chi connectivity index (χ0n) is 13.7. The maximum Gasteiger partial charge on any atom is 0.344 e.